The number of carbonyl (C=O) groups excluding carboxylic acids is 2. The van der Waals surface area contributed by atoms with Crippen molar-refractivity contribution in [3.8, 4) is 0 Å². The molecule has 0 spiro atoms. The molecule has 0 heterocycles. The average Bonchev–Trinajstić information content (AvgIpc) is 2.40. The molecule has 0 bridgehead atoms. The van der Waals surface area contributed by atoms with E-state index in [4.69, 9.17) is 0 Å². The van der Waals surface area contributed by atoms with Gasteiger partial charge in [0.1, 0.15) is 0 Å². The molecule has 0 saturated heterocycles. The molecule has 0 atom stereocenters. The first-order valence-electron chi connectivity index (χ1n) is 5.50. The number of alkyl halides is 2. The van der Waals surface area contributed by atoms with Crippen molar-refractivity contribution in [2.45, 2.75) is 10.7 Å². The largest absolute Gasteiger partial charge is 0.468 e. The number of ether oxygens (including phenoxy) is 1. The highest BCUT2D eigenvalue weighted by Gasteiger charge is 2.07. The summed E-state index contributed by atoms with van der Waals surface area (Å²) in [6.45, 7) is 0. The predicted octanol–water partition coefficient (Wildman–Crippen LogP) is 2.85. The SMILES string of the molecule is COC(=O)CSCC(=O)Nc1ccc(SC(F)F)cc1. The van der Waals surface area contributed by atoms with Crippen LogP contribution in [0.3, 0.4) is 0 Å². The van der Waals surface area contributed by atoms with Gasteiger partial charge in [-0.3, -0.25) is 9.59 Å². The van der Waals surface area contributed by atoms with Gasteiger partial charge < -0.3 is 10.1 Å². The van der Waals surface area contributed by atoms with E-state index in [0.717, 1.165) is 11.8 Å². The molecule has 1 amide bonds. The van der Waals surface area contributed by atoms with Crippen molar-refractivity contribution in [3.63, 3.8) is 0 Å². The number of thioether (sulfide) groups is 2. The van der Waals surface area contributed by atoms with Gasteiger partial charge in [-0.2, -0.15) is 8.78 Å². The number of carbonyl (C=O) groups is 2. The molecular formula is C12H13F2NO3S2. The Bertz CT molecular complexity index is 455. The molecule has 0 aliphatic rings. The molecule has 0 fully saturated rings. The lowest BCUT2D eigenvalue weighted by Crippen LogP contribution is -2.15. The van der Waals surface area contributed by atoms with Gasteiger partial charge in [-0.25, -0.2) is 0 Å². The molecule has 0 radical (unpaired) electrons. The standard InChI is InChI=1S/C12H13F2NO3S2/c1-18-11(17)7-19-6-10(16)15-8-2-4-9(5-3-8)20-12(13)14/h2-5,12H,6-7H2,1H3,(H,15,16). The van der Waals surface area contributed by atoms with Crippen LogP contribution in [0.5, 0.6) is 0 Å². The van der Waals surface area contributed by atoms with Crippen LogP contribution in [-0.2, 0) is 14.3 Å². The van der Waals surface area contributed by atoms with Crippen molar-refractivity contribution < 1.29 is 23.1 Å². The van der Waals surface area contributed by atoms with E-state index >= 15 is 0 Å². The van der Waals surface area contributed by atoms with Gasteiger partial charge in [0.15, 0.2) is 0 Å². The summed E-state index contributed by atoms with van der Waals surface area (Å²) in [5.41, 5.74) is 0.521. The van der Waals surface area contributed by atoms with Gasteiger partial charge in [0.25, 0.3) is 5.76 Å². The smallest absolute Gasteiger partial charge is 0.315 e. The predicted molar refractivity (Wildman–Crippen MR) is 76.3 cm³/mol. The monoisotopic (exact) mass is 321 g/mol. The van der Waals surface area contributed by atoms with Crippen LogP contribution in [0.2, 0.25) is 0 Å². The minimum Gasteiger partial charge on any atom is -0.468 e. The quantitative estimate of drug-likeness (QED) is 0.618. The second kappa shape index (κ2) is 8.80. The molecule has 1 aromatic rings. The van der Waals surface area contributed by atoms with E-state index in [0.29, 0.717) is 22.3 Å². The van der Waals surface area contributed by atoms with E-state index in [1.165, 1.54) is 19.2 Å². The number of anilines is 1. The summed E-state index contributed by atoms with van der Waals surface area (Å²) in [6, 6.07) is 6.11. The number of methoxy groups -OCH3 is 1. The van der Waals surface area contributed by atoms with E-state index in [9.17, 15) is 18.4 Å². The van der Waals surface area contributed by atoms with Gasteiger partial charge in [-0.15, -0.1) is 11.8 Å². The second-order valence-corrected chi connectivity index (χ2v) is 5.57. The van der Waals surface area contributed by atoms with Crippen molar-refractivity contribution in [2.24, 2.45) is 0 Å². The Morgan fingerprint density at radius 2 is 1.90 bits per heavy atom. The van der Waals surface area contributed by atoms with Crippen LogP contribution >= 0.6 is 23.5 Å². The van der Waals surface area contributed by atoms with Gasteiger partial charge in [0.05, 0.1) is 18.6 Å². The van der Waals surface area contributed by atoms with Gasteiger partial charge in [-0.05, 0) is 24.3 Å². The topological polar surface area (TPSA) is 55.4 Å². The van der Waals surface area contributed by atoms with Crippen LogP contribution in [0.1, 0.15) is 0 Å². The van der Waals surface area contributed by atoms with Gasteiger partial charge >= 0.3 is 5.97 Å². The van der Waals surface area contributed by atoms with Crippen LogP contribution in [0.15, 0.2) is 29.2 Å². The highest BCUT2D eigenvalue weighted by atomic mass is 32.2. The first-order valence-corrected chi connectivity index (χ1v) is 7.54. The normalized spacial score (nSPS) is 10.4. The molecule has 8 heteroatoms. The third kappa shape index (κ3) is 6.76. The lowest BCUT2D eigenvalue weighted by molar-refractivity contribution is -0.137. The Labute approximate surface area is 123 Å². The van der Waals surface area contributed by atoms with Gasteiger partial charge in [0, 0.05) is 10.6 Å². The fraction of sp³-hybridized carbons (Fsp3) is 0.333. The maximum atomic E-state index is 12.1. The molecule has 110 valence electrons. The molecular weight excluding hydrogens is 308 g/mol. The Morgan fingerprint density at radius 1 is 1.25 bits per heavy atom. The Balaban J connectivity index is 2.36. The zero-order valence-electron chi connectivity index (χ0n) is 10.6. The van der Waals surface area contributed by atoms with Crippen molar-refractivity contribution in [3.05, 3.63) is 24.3 Å². The zero-order valence-corrected chi connectivity index (χ0v) is 12.2. The zero-order chi connectivity index (χ0) is 15.0. The summed E-state index contributed by atoms with van der Waals surface area (Å²) in [5.74, 6) is -2.91. The number of amides is 1. The van der Waals surface area contributed by atoms with E-state index in [-0.39, 0.29) is 17.4 Å². The molecule has 0 aromatic heterocycles. The van der Waals surface area contributed by atoms with Crippen LogP contribution in [0, 0.1) is 0 Å². The highest BCUT2D eigenvalue weighted by molar-refractivity contribution is 8.00. The molecule has 1 aromatic carbocycles. The average molecular weight is 321 g/mol. The molecule has 20 heavy (non-hydrogen) atoms. The maximum absolute atomic E-state index is 12.1. The first-order chi connectivity index (χ1) is 9.51. The minimum absolute atomic E-state index is 0.105. The number of hydrogen-bond donors (Lipinski definition) is 1. The van der Waals surface area contributed by atoms with E-state index in [1.807, 2.05) is 0 Å². The van der Waals surface area contributed by atoms with Gasteiger partial charge in [0.2, 0.25) is 5.91 Å². The maximum Gasteiger partial charge on any atom is 0.315 e. The first kappa shape index (κ1) is 16.8. The van der Waals surface area contributed by atoms with Crippen molar-refractivity contribution in [1.82, 2.24) is 0 Å². The van der Waals surface area contributed by atoms with E-state index < -0.39 is 11.7 Å². The Morgan fingerprint density at radius 3 is 2.45 bits per heavy atom. The fourth-order valence-electron chi connectivity index (χ4n) is 1.20. The van der Waals surface area contributed by atoms with Crippen LogP contribution in [0.25, 0.3) is 0 Å². The van der Waals surface area contributed by atoms with Crippen LogP contribution in [-0.4, -0.2) is 36.2 Å². The molecule has 0 aliphatic heterocycles. The number of halogens is 2. The van der Waals surface area contributed by atoms with E-state index in [2.05, 4.69) is 10.1 Å². The number of benzene rings is 1. The number of nitrogens with one attached hydrogen (secondary N) is 1. The van der Waals surface area contributed by atoms with Gasteiger partial charge in [-0.1, -0.05) is 11.8 Å². The number of esters is 1. The fourth-order valence-corrected chi connectivity index (χ4v) is 2.35. The second-order valence-electron chi connectivity index (χ2n) is 3.52. The van der Waals surface area contributed by atoms with Crippen molar-refractivity contribution >= 4 is 41.1 Å². The molecule has 0 aliphatic carbocycles. The summed E-state index contributed by atoms with van der Waals surface area (Å²) in [5, 5.41) is 2.61. The molecule has 1 rings (SSSR count). The number of rotatable bonds is 7. The molecule has 1 N–H and O–H groups in total. The van der Waals surface area contributed by atoms with Crippen LogP contribution < -0.4 is 5.32 Å². The highest BCUT2D eigenvalue weighted by Crippen LogP contribution is 2.26. The lowest BCUT2D eigenvalue weighted by Gasteiger charge is -2.06. The Kier molecular flexibility index (Phi) is 7.38. The third-order valence-corrected chi connectivity index (χ3v) is 3.67. The number of hydrogen-bond acceptors (Lipinski definition) is 5. The summed E-state index contributed by atoms with van der Waals surface area (Å²) in [4.78, 5) is 22.8. The summed E-state index contributed by atoms with van der Waals surface area (Å²) < 4.78 is 28.7. The third-order valence-electron chi connectivity index (χ3n) is 2.04. The summed E-state index contributed by atoms with van der Waals surface area (Å²) in [7, 11) is 1.28. The molecule has 0 saturated carbocycles. The summed E-state index contributed by atoms with van der Waals surface area (Å²) in [6.07, 6.45) is 0. The minimum atomic E-state index is -2.47. The molecule has 0 unspecified atom stereocenters. The van der Waals surface area contributed by atoms with Crippen molar-refractivity contribution in [1.29, 1.82) is 0 Å². The van der Waals surface area contributed by atoms with E-state index in [1.54, 1.807) is 12.1 Å². The summed E-state index contributed by atoms with van der Waals surface area (Å²) >= 11 is 1.58. The van der Waals surface area contributed by atoms with Crippen molar-refractivity contribution in [2.75, 3.05) is 23.9 Å². The molecule has 4 nitrogen and oxygen atoms in total. The van der Waals surface area contributed by atoms with Crippen LogP contribution in [0.4, 0.5) is 14.5 Å². The Hall–Kier alpha value is -1.28. The lowest BCUT2D eigenvalue weighted by atomic mass is 10.3.